The van der Waals surface area contributed by atoms with Crippen molar-refractivity contribution in [3.63, 3.8) is 0 Å². The van der Waals surface area contributed by atoms with Crippen molar-refractivity contribution in [3.05, 3.63) is 70.8 Å². The summed E-state index contributed by atoms with van der Waals surface area (Å²) in [4.78, 5) is 0. The summed E-state index contributed by atoms with van der Waals surface area (Å²) in [6.45, 7) is 4.21. The van der Waals surface area contributed by atoms with Gasteiger partial charge in [-0.15, -0.1) is 0 Å². The van der Waals surface area contributed by atoms with E-state index >= 15 is 0 Å². The Hall–Kier alpha value is -1.82. The van der Waals surface area contributed by atoms with Gasteiger partial charge in [-0.3, -0.25) is 0 Å². The van der Waals surface area contributed by atoms with Crippen molar-refractivity contribution in [3.8, 4) is 0 Å². The number of benzene rings is 2. The van der Waals surface area contributed by atoms with Crippen LogP contribution in [0.15, 0.2) is 48.5 Å². The summed E-state index contributed by atoms with van der Waals surface area (Å²) in [5.74, 6) is 0. The Morgan fingerprint density at radius 2 is 0.789 bits per heavy atom. The van der Waals surface area contributed by atoms with E-state index in [-0.39, 0.29) is 22.3 Å². The average Bonchev–Trinajstić information content (AvgIpc) is 2.30. The van der Waals surface area contributed by atoms with Crippen LogP contribution in [0.25, 0.3) is 12.2 Å². The predicted octanol–water partition coefficient (Wildman–Crippen LogP) is 6.38. The minimum absolute atomic E-state index is 0. The lowest BCUT2D eigenvalue weighted by Gasteiger charge is -1.96. The summed E-state index contributed by atoms with van der Waals surface area (Å²) < 4.78 is 0. The van der Waals surface area contributed by atoms with Crippen LogP contribution >= 0.6 is 0 Å². The summed E-state index contributed by atoms with van der Waals surface area (Å²) >= 11 is 0. The molecule has 0 bridgehead atoms. The molecule has 2 aromatic rings. The van der Waals surface area contributed by atoms with Gasteiger partial charge in [0.25, 0.3) is 0 Å². The molecule has 19 heavy (non-hydrogen) atoms. The molecule has 0 heterocycles. The Morgan fingerprint density at radius 1 is 0.526 bits per heavy atom. The highest BCUT2D eigenvalue weighted by molar-refractivity contribution is 5.69. The Morgan fingerprint density at radius 3 is 1.05 bits per heavy atom. The maximum Gasteiger partial charge on any atom is -0.0256 e. The van der Waals surface area contributed by atoms with Crippen LogP contribution in [0.5, 0.6) is 0 Å². The summed E-state index contributed by atoms with van der Waals surface area (Å²) in [6.07, 6.45) is 4.29. The predicted molar refractivity (Wildman–Crippen MR) is 91.5 cm³/mol. The van der Waals surface area contributed by atoms with Crippen molar-refractivity contribution in [2.24, 2.45) is 0 Å². The Bertz CT molecular complexity index is 425. The van der Waals surface area contributed by atoms with Gasteiger partial charge in [-0.05, 0) is 25.0 Å². The Labute approximate surface area is 119 Å². The van der Waals surface area contributed by atoms with Crippen molar-refractivity contribution >= 4 is 12.2 Å². The molecule has 0 aromatic heterocycles. The number of hydrogen-bond donors (Lipinski definition) is 0. The highest BCUT2D eigenvalue weighted by Crippen LogP contribution is 2.10. The van der Waals surface area contributed by atoms with Gasteiger partial charge in [0.15, 0.2) is 0 Å². The first-order valence-corrected chi connectivity index (χ1v) is 5.55. The van der Waals surface area contributed by atoms with Crippen LogP contribution in [0.3, 0.4) is 0 Å². The average molecular weight is 256 g/mol. The second-order valence-electron chi connectivity index (χ2n) is 4.15. The van der Waals surface area contributed by atoms with Gasteiger partial charge in [0, 0.05) is 0 Å². The lowest BCUT2D eigenvalue weighted by atomic mass is 10.1. The second-order valence-corrected chi connectivity index (χ2v) is 4.15. The van der Waals surface area contributed by atoms with E-state index < -0.39 is 0 Å². The Kier molecular flexibility index (Phi) is 9.41. The molecule has 0 atom stereocenters. The van der Waals surface area contributed by atoms with Crippen LogP contribution < -0.4 is 0 Å². The summed E-state index contributed by atoms with van der Waals surface area (Å²) in [7, 11) is 0. The number of aryl methyl sites for hydroxylation is 2. The largest absolute Gasteiger partial charge is 0.0776 e. The fraction of sp³-hybridized carbons (Fsp3) is 0.263. The van der Waals surface area contributed by atoms with Crippen molar-refractivity contribution in [1.29, 1.82) is 0 Å². The van der Waals surface area contributed by atoms with Gasteiger partial charge >= 0.3 is 0 Å². The maximum absolute atomic E-state index is 2.14. The molecule has 104 valence electrons. The highest BCUT2D eigenvalue weighted by Gasteiger charge is 1.88. The molecule has 2 rings (SSSR count). The minimum atomic E-state index is 0. The van der Waals surface area contributed by atoms with Gasteiger partial charge in [-0.2, -0.15) is 0 Å². The normalized spacial score (nSPS) is 9.16. The van der Waals surface area contributed by atoms with E-state index in [9.17, 15) is 0 Å². The van der Waals surface area contributed by atoms with E-state index in [0.29, 0.717) is 0 Å². The SMILES string of the molecule is C.C.C.Cc1ccc(/C=C/c2ccc(C)cc2)cc1. The van der Waals surface area contributed by atoms with Crippen LogP contribution in [0.1, 0.15) is 44.5 Å². The molecule has 0 heteroatoms. The first-order chi connectivity index (χ1) is 7.74. The third-order valence-electron chi connectivity index (χ3n) is 2.62. The molecule has 0 fully saturated rings. The van der Waals surface area contributed by atoms with E-state index in [2.05, 4.69) is 74.5 Å². The third-order valence-corrected chi connectivity index (χ3v) is 2.62. The molecule has 0 unspecified atom stereocenters. The number of hydrogen-bond acceptors (Lipinski definition) is 0. The first kappa shape index (κ1) is 19.5. The van der Waals surface area contributed by atoms with Gasteiger partial charge in [0.05, 0.1) is 0 Å². The van der Waals surface area contributed by atoms with E-state index in [1.165, 1.54) is 22.3 Å². The van der Waals surface area contributed by atoms with E-state index in [1.54, 1.807) is 0 Å². The molecule has 0 nitrogen and oxygen atoms in total. The topological polar surface area (TPSA) is 0 Å². The highest BCUT2D eigenvalue weighted by atomic mass is 13.9. The summed E-state index contributed by atoms with van der Waals surface area (Å²) in [5, 5.41) is 0. The molecular weight excluding hydrogens is 228 g/mol. The van der Waals surface area contributed by atoms with Crippen LogP contribution in [0.2, 0.25) is 0 Å². The van der Waals surface area contributed by atoms with Gasteiger partial charge in [-0.25, -0.2) is 0 Å². The molecular formula is C19H28. The zero-order valence-corrected chi connectivity index (χ0v) is 9.77. The van der Waals surface area contributed by atoms with Crippen molar-refractivity contribution in [2.45, 2.75) is 36.1 Å². The monoisotopic (exact) mass is 256 g/mol. The second kappa shape index (κ2) is 9.16. The fourth-order valence-electron chi connectivity index (χ4n) is 1.55. The van der Waals surface area contributed by atoms with Gasteiger partial charge in [-0.1, -0.05) is 94.1 Å². The molecule has 0 N–H and O–H groups in total. The third kappa shape index (κ3) is 6.05. The molecule has 0 spiro atoms. The Balaban J connectivity index is 0. The number of rotatable bonds is 2. The van der Waals surface area contributed by atoms with Crippen LogP contribution in [-0.4, -0.2) is 0 Å². The van der Waals surface area contributed by atoms with E-state index in [4.69, 9.17) is 0 Å². The molecule has 0 aliphatic heterocycles. The minimum Gasteiger partial charge on any atom is -0.0776 e. The standard InChI is InChI=1S/C16H16.3CH4/c1-13-3-7-15(8-4-13)11-12-16-9-5-14(2)6-10-16;;;/h3-12H,1-2H3;3*1H4/b12-11+;;;. The molecule has 0 saturated carbocycles. The maximum atomic E-state index is 2.14. The lowest BCUT2D eigenvalue weighted by Crippen LogP contribution is -1.75. The molecule has 0 radical (unpaired) electrons. The first-order valence-electron chi connectivity index (χ1n) is 5.55. The summed E-state index contributed by atoms with van der Waals surface area (Å²) in [6, 6.07) is 17.1. The van der Waals surface area contributed by atoms with Gasteiger partial charge in [0.1, 0.15) is 0 Å². The molecule has 2 aromatic carbocycles. The van der Waals surface area contributed by atoms with E-state index in [0.717, 1.165) is 0 Å². The van der Waals surface area contributed by atoms with Crippen LogP contribution in [-0.2, 0) is 0 Å². The van der Waals surface area contributed by atoms with E-state index in [1.807, 2.05) is 0 Å². The van der Waals surface area contributed by atoms with Gasteiger partial charge in [0.2, 0.25) is 0 Å². The smallest absolute Gasteiger partial charge is 0.0256 e. The summed E-state index contributed by atoms with van der Waals surface area (Å²) in [5.41, 5.74) is 5.08. The molecule has 0 amide bonds. The quantitative estimate of drug-likeness (QED) is 0.547. The van der Waals surface area contributed by atoms with Crippen molar-refractivity contribution < 1.29 is 0 Å². The molecule has 0 saturated heterocycles. The molecule has 0 aliphatic rings. The van der Waals surface area contributed by atoms with Crippen molar-refractivity contribution in [2.75, 3.05) is 0 Å². The fourth-order valence-corrected chi connectivity index (χ4v) is 1.55. The van der Waals surface area contributed by atoms with Crippen LogP contribution in [0, 0.1) is 13.8 Å². The van der Waals surface area contributed by atoms with Crippen molar-refractivity contribution in [1.82, 2.24) is 0 Å². The van der Waals surface area contributed by atoms with Gasteiger partial charge < -0.3 is 0 Å². The van der Waals surface area contributed by atoms with Crippen LogP contribution in [0.4, 0.5) is 0 Å². The molecule has 0 aliphatic carbocycles. The zero-order chi connectivity index (χ0) is 11.4. The zero-order valence-electron chi connectivity index (χ0n) is 9.77. The lowest BCUT2D eigenvalue weighted by molar-refractivity contribution is 1.46.